The van der Waals surface area contributed by atoms with Gasteiger partial charge in [0, 0.05) is 5.56 Å². The van der Waals surface area contributed by atoms with E-state index >= 15 is 0 Å². The summed E-state index contributed by atoms with van der Waals surface area (Å²) in [5.41, 5.74) is 2.71. The Bertz CT molecular complexity index is 799. The van der Waals surface area contributed by atoms with E-state index < -0.39 is 0 Å². The molecule has 0 saturated carbocycles. The molecule has 3 rings (SSSR count). The third-order valence-corrected chi connectivity index (χ3v) is 4.46. The van der Waals surface area contributed by atoms with Crippen LogP contribution in [0.2, 0.25) is 0 Å². The van der Waals surface area contributed by atoms with Crippen molar-refractivity contribution < 1.29 is 4.79 Å². The summed E-state index contributed by atoms with van der Waals surface area (Å²) in [4.78, 5) is 12.5. The Morgan fingerprint density at radius 1 is 1.09 bits per heavy atom. The zero-order valence-corrected chi connectivity index (χ0v) is 13.7. The van der Waals surface area contributed by atoms with Crippen molar-refractivity contribution in [2.24, 2.45) is 0 Å². The molecular weight excluding hydrogens is 308 g/mol. The maximum atomic E-state index is 12.5. The highest BCUT2D eigenvalue weighted by atomic mass is 32.2. The molecule has 1 atom stereocenters. The van der Waals surface area contributed by atoms with Gasteiger partial charge in [-0.15, -0.1) is 5.10 Å². The van der Waals surface area contributed by atoms with Crippen LogP contribution in [0.5, 0.6) is 0 Å². The lowest BCUT2D eigenvalue weighted by Gasteiger charge is -2.10. The van der Waals surface area contributed by atoms with Gasteiger partial charge in [-0.05, 0) is 36.4 Å². The van der Waals surface area contributed by atoms with Gasteiger partial charge in [0.25, 0.3) is 0 Å². The summed E-state index contributed by atoms with van der Waals surface area (Å²) in [5.74, 6) is 0.0672. The lowest BCUT2D eigenvalue weighted by atomic mass is 10.1. The fraction of sp³-hybridized carbons (Fsp3) is 0.176. The van der Waals surface area contributed by atoms with Crippen molar-refractivity contribution >= 4 is 17.5 Å². The first kappa shape index (κ1) is 15.4. The Morgan fingerprint density at radius 2 is 1.78 bits per heavy atom. The second-order valence-electron chi connectivity index (χ2n) is 5.20. The maximum Gasteiger partial charge on any atom is 0.214 e. The normalized spacial score (nSPS) is 12.1. The van der Waals surface area contributed by atoms with E-state index in [4.69, 9.17) is 0 Å². The van der Waals surface area contributed by atoms with Gasteiger partial charge < -0.3 is 0 Å². The molecule has 3 aromatic rings. The zero-order valence-electron chi connectivity index (χ0n) is 12.9. The quantitative estimate of drug-likeness (QED) is 0.532. The van der Waals surface area contributed by atoms with Gasteiger partial charge in [0.05, 0.1) is 10.9 Å². The molecule has 0 bridgehead atoms. The molecule has 23 heavy (non-hydrogen) atoms. The Morgan fingerprint density at radius 3 is 2.48 bits per heavy atom. The van der Waals surface area contributed by atoms with Gasteiger partial charge in [0.2, 0.25) is 5.16 Å². The number of carbonyl (C=O) groups excluding carboxylic acids is 1. The molecule has 0 aliphatic rings. The van der Waals surface area contributed by atoms with Crippen LogP contribution in [0, 0.1) is 6.92 Å². The van der Waals surface area contributed by atoms with Gasteiger partial charge >= 0.3 is 0 Å². The molecule has 2 aromatic carbocycles. The molecule has 5 nitrogen and oxygen atoms in total. The fourth-order valence-electron chi connectivity index (χ4n) is 2.15. The van der Waals surface area contributed by atoms with Crippen LogP contribution in [0.3, 0.4) is 0 Å². The van der Waals surface area contributed by atoms with Crippen LogP contribution < -0.4 is 0 Å². The van der Waals surface area contributed by atoms with Crippen molar-refractivity contribution in [3.63, 3.8) is 0 Å². The average molecular weight is 324 g/mol. The topological polar surface area (TPSA) is 60.7 Å². The highest BCUT2D eigenvalue weighted by Crippen LogP contribution is 2.25. The summed E-state index contributed by atoms with van der Waals surface area (Å²) in [6.07, 6.45) is 0. The number of nitrogens with zero attached hydrogens (tertiary/aromatic N) is 4. The van der Waals surface area contributed by atoms with Crippen LogP contribution in [0.4, 0.5) is 0 Å². The number of aryl methyl sites for hydroxylation is 1. The highest BCUT2D eigenvalue weighted by Gasteiger charge is 2.20. The summed E-state index contributed by atoms with van der Waals surface area (Å²) in [7, 11) is 0. The summed E-state index contributed by atoms with van der Waals surface area (Å²) in [5, 5.41) is 12.1. The predicted molar refractivity (Wildman–Crippen MR) is 90.0 cm³/mol. The highest BCUT2D eigenvalue weighted by molar-refractivity contribution is 8.00. The standard InChI is InChI=1S/C17H16N4OS/c1-12-8-10-14(11-9-12)16(22)13(2)23-17-18-19-20-21(17)15-6-4-3-5-7-15/h3-11,13H,1-2H3. The van der Waals surface area contributed by atoms with Crippen LogP contribution in [-0.4, -0.2) is 31.2 Å². The van der Waals surface area contributed by atoms with E-state index in [0.717, 1.165) is 11.3 Å². The number of ketones is 1. The Hall–Kier alpha value is -2.47. The number of thioether (sulfide) groups is 1. The van der Waals surface area contributed by atoms with Crippen molar-refractivity contribution in [2.45, 2.75) is 24.3 Å². The number of aromatic nitrogens is 4. The SMILES string of the molecule is Cc1ccc(C(=O)C(C)Sc2nnnn2-c2ccccc2)cc1. The summed E-state index contributed by atoms with van der Waals surface area (Å²) in [6, 6.07) is 17.2. The Labute approximate surface area is 138 Å². The van der Waals surface area contributed by atoms with Gasteiger partial charge in [0.1, 0.15) is 0 Å². The van der Waals surface area contributed by atoms with Crippen molar-refractivity contribution in [2.75, 3.05) is 0 Å². The van der Waals surface area contributed by atoms with Crippen molar-refractivity contribution in [1.29, 1.82) is 0 Å². The van der Waals surface area contributed by atoms with E-state index in [1.807, 2.05) is 68.4 Å². The van der Waals surface area contributed by atoms with Crippen LogP contribution in [0.25, 0.3) is 5.69 Å². The summed E-state index contributed by atoms with van der Waals surface area (Å²) >= 11 is 1.36. The smallest absolute Gasteiger partial charge is 0.214 e. The van der Waals surface area contributed by atoms with E-state index in [2.05, 4.69) is 15.5 Å². The van der Waals surface area contributed by atoms with E-state index in [0.29, 0.717) is 10.7 Å². The second-order valence-corrected chi connectivity index (χ2v) is 6.51. The first-order valence-corrected chi connectivity index (χ1v) is 8.14. The molecule has 0 spiro atoms. The molecule has 1 heterocycles. The third-order valence-electron chi connectivity index (χ3n) is 3.43. The number of hydrogen-bond acceptors (Lipinski definition) is 5. The zero-order chi connectivity index (χ0) is 16.2. The third kappa shape index (κ3) is 3.48. The first-order valence-electron chi connectivity index (χ1n) is 7.26. The number of para-hydroxylation sites is 1. The molecule has 0 radical (unpaired) electrons. The monoisotopic (exact) mass is 324 g/mol. The minimum Gasteiger partial charge on any atom is -0.293 e. The Kier molecular flexibility index (Phi) is 4.52. The molecule has 1 aromatic heterocycles. The van der Waals surface area contributed by atoms with E-state index in [9.17, 15) is 4.79 Å². The van der Waals surface area contributed by atoms with Gasteiger partial charge in [-0.3, -0.25) is 4.79 Å². The van der Waals surface area contributed by atoms with Crippen molar-refractivity contribution in [1.82, 2.24) is 20.2 Å². The van der Waals surface area contributed by atoms with E-state index in [1.54, 1.807) is 4.68 Å². The van der Waals surface area contributed by atoms with E-state index in [-0.39, 0.29) is 11.0 Å². The lowest BCUT2D eigenvalue weighted by molar-refractivity contribution is 0.0994. The second kappa shape index (κ2) is 6.75. The van der Waals surface area contributed by atoms with Gasteiger partial charge in [-0.25, -0.2) is 0 Å². The summed E-state index contributed by atoms with van der Waals surface area (Å²) in [6.45, 7) is 3.87. The number of benzene rings is 2. The molecular formula is C17H16N4OS. The molecule has 0 amide bonds. The molecule has 116 valence electrons. The lowest BCUT2D eigenvalue weighted by Crippen LogP contribution is -2.14. The fourth-order valence-corrected chi connectivity index (χ4v) is 3.03. The van der Waals surface area contributed by atoms with E-state index in [1.165, 1.54) is 11.8 Å². The van der Waals surface area contributed by atoms with Gasteiger partial charge in [-0.2, -0.15) is 4.68 Å². The minimum absolute atomic E-state index is 0.0672. The van der Waals surface area contributed by atoms with Gasteiger partial charge in [0.15, 0.2) is 5.78 Å². The largest absolute Gasteiger partial charge is 0.293 e. The molecule has 0 aliphatic heterocycles. The maximum absolute atomic E-state index is 12.5. The first-order chi connectivity index (χ1) is 11.1. The number of rotatable bonds is 5. The van der Waals surface area contributed by atoms with Gasteiger partial charge in [-0.1, -0.05) is 59.8 Å². The molecule has 0 fully saturated rings. The average Bonchev–Trinajstić information content (AvgIpc) is 3.04. The van der Waals surface area contributed by atoms with Crippen molar-refractivity contribution in [3.8, 4) is 5.69 Å². The number of hydrogen-bond donors (Lipinski definition) is 0. The molecule has 1 unspecified atom stereocenters. The van der Waals surface area contributed by atoms with Crippen LogP contribution in [-0.2, 0) is 0 Å². The molecule has 0 saturated heterocycles. The molecule has 6 heteroatoms. The van der Waals surface area contributed by atoms with Crippen LogP contribution >= 0.6 is 11.8 Å². The van der Waals surface area contributed by atoms with Crippen LogP contribution in [0.15, 0.2) is 59.8 Å². The number of carbonyl (C=O) groups is 1. The minimum atomic E-state index is -0.272. The van der Waals surface area contributed by atoms with Crippen molar-refractivity contribution in [3.05, 3.63) is 65.7 Å². The summed E-state index contributed by atoms with van der Waals surface area (Å²) < 4.78 is 1.64. The molecule has 0 N–H and O–H groups in total. The number of Topliss-reactive ketones (excluding diaryl/α,β-unsaturated/α-hetero) is 1. The number of tetrazole rings is 1. The Balaban J connectivity index is 1.79. The molecule has 0 aliphatic carbocycles. The van der Waals surface area contributed by atoms with Crippen LogP contribution in [0.1, 0.15) is 22.8 Å². The predicted octanol–water partition coefficient (Wildman–Crippen LogP) is 3.33.